The Balaban J connectivity index is 1.21. The first kappa shape index (κ1) is 14.3. The molecule has 0 aromatic rings. The quantitative estimate of drug-likeness (QED) is 0.730. The van der Waals surface area contributed by atoms with Crippen molar-refractivity contribution in [2.24, 2.45) is 23.5 Å². The molecule has 2 atom stereocenters. The van der Waals surface area contributed by atoms with E-state index in [1.807, 2.05) is 0 Å². The molecule has 3 N–H and O–H groups in total. The van der Waals surface area contributed by atoms with Gasteiger partial charge in [0.1, 0.15) is 0 Å². The van der Waals surface area contributed by atoms with Gasteiger partial charge in [-0.25, -0.2) is 0 Å². The molecule has 3 saturated carbocycles. The third-order valence-electron chi connectivity index (χ3n) is 5.31. The van der Waals surface area contributed by atoms with Crippen molar-refractivity contribution in [1.82, 2.24) is 5.32 Å². The van der Waals surface area contributed by atoms with Crippen molar-refractivity contribution < 1.29 is 9.53 Å². The van der Waals surface area contributed by atoms with E-state index in [1.54, 1.807) is 0 Å². The van der Waals surface area contributed by atoms with Crippen LogP contribution in [0.5, 0.6) is 0 Å². The van der Waals surface area contributed by atoms with E-state index in [0.29, 0.717) is 18.1 Å². The molecule has 4 nitrogen and oxygen atoms in total. The molecule has 3 rings (SSSR count). The van der Waals surface area contributed by atoms with E-state index in [0.717, 1.165) is 69.9 Å². The van der Waals surface area contributed by atoms with Gasteiger partial charge in [-0.05, 0) is 63.2 Å². The second kappa shape index (κ2) is 6.44. The zero-order valence-electron chi connectivity index (χ0n) is 12.4. The summed E-state index contributed by atoms with van der Waals surface area (Å²) < 4.78 is 5.86. The third kappa shape index (κ3) is 3.73. The predicted molar refractivity (Wildman–Crippen MR) is 78.1 cm³/mol. The summed E-state index contributed by atoms with van der Waals surface area (Å²) in [5.41, 5.74) is 5.88. The van der Waals surface area contributed by atoms with Gasteiger partial charge in [-0.15, -0.1) is 0 Å². The van der Waals surface area contributed by atoms with Gasteiger partial charge < -0.3 is 15.8 Å². The third-order valence-corrected chi connectivity index (χ3v) is 5.31. The second-order valence-electron chi connectivity index (χ2n) is 6.98. The van der Waals surface area contributed by atoms with Crippen LogP contribution in [0.3, 0.4) is 0 Å². The molecule has 0 aliphatic heterocycles. The van der Waals surface area contributed by atoms with Crippen LogP contribution in [-0.2, 0) is 9.53 Å². The van der Waals surface area contributed by atoms with Crippen LogP contribution in [-0.4, -0.2) is 31.2 Å². The summed E-state index contributed by atoms with van der Waals surface area (Å²) in [6, 6.07) is 0.381. The van der Waals surface area contributed by atoms with E-state index in [2.05, 4.69) is 5.32 Å². The molecule has 2 unspecified atom stereocenters. The number of amides is 1. The standard InChI is InChI=1S/C16H28N2O2/c17-14-2-4-15(5-3-14)20-7-1-6-18-16(19)13-9-11-8-12(11)10-13/h11-15H,1-10,17H2,(H,18,19). The van der Waals surface area contributed by atoms with Crippen LogP contribution < -0.4 is 11.1 Å². The summed E-state index contributed by atoms with van der Waals surface area (Å²) in [7, 11) is 0. The van der Waals surface area contributed by atoms with E-state index in [-0.39, 0.29) is 5.91 Å². The smallest absolute Gasteiger partial charge is 0.223 e. The van der Waals surface area contributed by atoms with Gasteiger partial charge >= 0.3 is 0 Å². The molecule has 0 radical (unpaired) electrons. The topological polar surface area (TPSA) is 64.3 Å². The van der Waals surface area contributed by atoms with Gasteiger partial charge in [-0.3, -0.25) is 4.79 Å². The van der Waals surface area contributed by atoms with Gasteiger partial charge in [0.25, 0.3) is 0 Å². The fourth-order valence-corrected chi connectivity index (χ4v) is 3.86. The number of fused-ring (bicyclic) bond motifs is 1. The van der Waals surface area contributed by atoms with Gasteiger partial charge in [0, 0.05) is 25.1 Å². The van der Waals surface area contributed by atoms with Crippen LogP contribution in [0.4, 0.5) is 0 Å². The average Bonchev–Trinajstić information content (AvgIpc) is 3.06. The maximum atomic E-state index is 11.9. The van der Waals surface area contributed by atoms with E-state index in [1.165, 1.54) is 6.42 Å². The number of hydrogen-bond acceptors (Lipinski definition) is 3. The first-order chi connectivity index (χ1) is 9.72. The second-order valence-corrected chi connectivity index (χ2v) is 6.98. The molecule has 0 saturated heterocycles. The summed E-state index contributed by atoms with van der Waals surface area (Å²) in [5, 5.41) is 3.07. The molecule has 3 aliphatic carbocycles. The number of hydrogen-bond donors (Lipinski definition) is 2. The number of rotatable bonds is 6. The maximum Gasteiger partial charge on any atom is 0.223 e. The first-order valence-corrected chi connectivity index (χ1v) is 8.37. The van der Waals surface area contributed by atoms with Crippen LogP contribution in [0, 0.1) is 17.8 Å². The Labute approximate surface area is 121 Å². The lowest BCUT2D eigenvalue weighted by molar-refractivity contribution is -0.125. The lowest BCUT2D eigenvalue weighted by atomic mass is 9.94. The minimum Gasteiger partial charge on any atom is -0.378 e. The summed E-state index contributed by atoms with van der Waals surface area (Å²) in [6.45, 7) is 1.52. The lowest BCUT2D eigenvalue weighted by Crippen LogP contribution is -2.32. The molecule has 114 valence electrons. The minimum atomic E-state index is 0.279. The highest BCUT2D eigenvalue weighted by atomic mass is 16.5. The fraction of sp³-hybridized carbons (Fsp3) is 0.938. The summed E-state index contributed by atoms with van der Waals surface area (Å²) >= 11 is 0. The van der Waals surface area contributed by atoms with Gasteiger partial charge in [0.05, 0.1) is 6.10 Å². The Morgan fingerprint density at radius 3 is 2.50 bits per heavy atom. The summed E-state index contributed by atoms with van der Waals surface area (Å²) in [6.07, 6.45) is 9.34. The Morgan fingerprint density at radius 2 is 1.80 bits per heavy atom. The molecule has 0 aromatic carbocycles. The molecule has 3 aliphatic rings. The van der Waals surface area contributed by atoms with Crippen LogP contribution in [0.15, 0.2) is 0 Å². The molecule has 0 aromatic heterocycles. The number of ether oxygens (including phenoxy) is 1. The van der Waals surface area contributed by atoms with Crippen LogP contribution >= 0.6 is 0 Å². The molecule has 20 heavy (non-hydrogen) atoms. The van der Waals surface area contributed by atoms with E-state index >= 15 is 0 Å². The monoisotopic (exact) mass is 280 g/mol. The number of carbonyl (C=O) groups excluding carboxylic acids is 1. The Hall–Kier alpha value is -0.610. The van der Waals surface area contributed by atoms with Crippen molar-refractivity contribution in [3.63, 3.8) is 0 Å². The molecule has 4 heteroatoms. The number of carbonyl (C=O) groups is 1. The van der Waals surface area contributed by atoms with Crippen molar-refractivity contribution in [2.45, 2.75) is 63.5 Å². The van der Waals surface area contributed by atoms with Crippen LogP contribution in [0.1, 0.15) is 51.4 Å². The van der Waals surface area contributed by atoms with Crippen molar-refractivity contribution in [2.75, 3.05) is 13.2 Å². The highest BCUT2D eigenvalue weighted by Crippen LogP contribution is 2.54. The largest absolute Gasteiger partial charge is 0.378 e. The van der Waals surface area contributed by atoms with Gasteiger partial charge in [-0.1, -0.05) is 0 Å². The molecule has 1 amide bonds. The molecule has 3 fully saturated rings. The zero-order chi connectivity index (χ0) is 13.9. The lowest BCUT2D eigenvalue weighted by Gasteiger charge is -2.26. The Kier molecular flexibility index (Phi) is 4.61. The predicted octanol–water partition coefficient (Wildman–Crippen LogP) is 1.83. The molecular weight excluding hydrogens is 252 g/mol. The Bertz CT molecular complexity index is 329. The molecular formula is C16H28N2O2. The fourth-order valence-electron chi connectivity index (χ4n) is 3.86. The van der Waals surface area contributed by atoms with Gasteiger partial charge in [-0.2, -0.15) is 0 Å². The highest BCUT2D eigenvalue weighted by molar-refractivity contribution is 5.79. The summed E-state index contributed by atoms with van der Waals surface area (Å²) in [5.74, 6) is 2.35. The molecule has 0 bridgehead atoms. The van der Waals surface area contributed by atoms with Gasteiger partial charge in [0.15, 0.2) is 0 Å². The van der Waals surface area contributed by atoms with Crippen LogP contribution in [0.25, 0.3) is 0 Å². The highest BCUT2D eigenvalue weighted by Gasteiger charge is 2.47. The van der Waals surface area contributed by atoms with E-state index in [4.69, 9.17) is 10.5 Å². The van der Waals surface area contributed by atoms with Crippen LogP contribution in [0.2, 0.25) is 0 Å². The number of nitrogens with one attached hydrogen (secondary N) is 1. The van der Waals surface area contributed by atoms with Crippen molar-refractivity contribution in [3.05, 3.63) is 0 Å². The first-order valence-electron chi connectivity index (χ1n) is 8.37. The van der Waals surface area contributed by atoms with Gasteiger partial charge in [0.2, 0.25) is 5.91 Å². The minimum absolute atomic E-state index is 0.279. The molecule has 0 heterocycles. The zero-order valence-corrected chi connectivity index (χ0v) is 12.4. The SMILES string of the molecule is NC1CCC(OCCCNC(=O)C2CC3CC3C2)CC1. The van der Waals surface area contributed by atoms with Crippen molar-refractivity contribution in [1.29, 1.82) is 0 Å². The molecule has 0 spiro atoms. The van der Waals surface area contributed by atoms with Crippen molar-refractivity contribution in [3.8, 4) is 0 Å². The Morgan fingerprint density at radius 1 is 1.10 bits per heavy atom. The number of nitrogens with two attached hydrogens (primary N) is 1. The average molecular weight is 280 g/mol. The van der Waals surface area contributed by atoms with Crippen molar-refractivity contribution >= 4 is 5.91 Å². The van der Waals surface area contributed by atoms with E-state index < -0.39 is 0 Å². The summed E-state index contributed by atoms with van der Waals surface area (Å²) in [4.78, 5) is 11.9. The maximum absolute atomic E-state index is 11.9. The van der Waals surface area contributed by atoms with E-state index in [9.17, 15) is 4.79 Å². The normalized spacial score (nSPS) is 39.4.